The van der Waals surface area contributed by atoms with Crippen molar-refractivity contribution >= 4 is 51.4 Å². The van der Waals surface area contributed by atoms with Gasteiger partial charge in [-0.2, -0.15) is 0 Å². The minimum Gasteiger partial charge on any atom is -0.310 e. The Morgan fingerprint density at radius 2 is 0.919 bits per heavy atom. The van der Waals surface area contributed by atoms with Gasteiger partial charge in [0.25, 0.3) is 0 Å². The SMILES string of the molecule is C=c1/c(=C\C=C/C)c2cc(-c3cccc(-c4ccc(N(c5ccc6c(c5)C5(c7ccccc7-c7ccccc75)c5ccccc5-6)c5ccc(-c6ccccc6)c6ccccc56)cc4)c3)ccc2n1-c1ccccc1. The van der Waals surface area contributed by atoms with Crippen LogP contribution in [0.15, 0.2) is 267 Å². The van der Waals surface area contributed by atoms with E-state index in [-0.39, 0.29) is 0 Å². The smallest absolute Gasteiger partial charge is 0.0726 e. The number of benzene rings is 11. The van der Waals surface area contributed by atoms with Crippen LogP contribution >= 0.6 is 0 Å². The highest BCUT2D eigenvalue weighted by atomic mass is 15.1. The highest BCUT2D eigenvalue weighted by molar-refractivity contribution is 6.07. The molecule has 348 valence electrons. The standard InChI is InChI=1S/C72H50N2/c1-3-4-26-57-48(2)73(54-24-9-6-10-25-54)71-43-37-53(46-65(57)71)52-23-19-22-51(45-52)49-35-38-55(39-36-49)74(70-44-42-58(50-20-7-5-8-21-50)59-27-11-12-31-64(59)70)56-40-41-63-62-30-15-18-34-68(62)72(69(63)47-56)66-32-16-13-28-60(66)61-29-14-17-33-67(61)72/h3-47H,2H2,1H3/b4-3-,57-26+. The fraction of sp³-hybridized carbons (Fsp3) is 0.0278. The molecule has 11 aromatic carbocycles. The summed E-state index contributed by atoms with van der Waals surface area (Å²) in [5, 5.41) is 5.68. The van der Waals surface area contributed by atoms with Crippen LogP contribution in [-0.4, -0.2) is 4.57 Å². The lowest BCUT2D eigenvalue weighted by Gasteiger charge is -2.32. The molecule has 12 aromatic rings. The van der Waals surface area contributed by atoms with Crippen LogP contribution in [0, 0.1) is 0 Å². The second-order valence-corrected chi connectivity index (χ2v) is 19.6. The van der Waals surface area contributed by atoms with Crippen LogP contribution in [0.25, 0.3) is 95.7 Å². The first-order valence-corrected chi connectivity index (χ1v) is 25.6. The minimum absolute atomic E-state index is 0.465. The number of aromatic nitrogens is 1. The van der Waals surface area contributed by atoms with E-state index < -0.39 is 5.41 Å². The Morgan fingerprint density at radius 3 is 1.59 bits per heavy atom. The third kappa shape index (κ3) is 6.58. The number of rotatable bonds is 8. The molecule has 2 aliphatic carbocycles. The largest absolute Gasteiger partial charge is 0.310 e. The zero-order valence-electron chi connectivity index (χ0n) is 41.1. The molecule has 2 heteroatoms. The lowest BCUT2D eigenvalue weighted by Crippen LogP contribution is -2.26. The summed E-state index contributed by atoms with van der Waals surface area (Å²) in [5.41, 5.74) is 22.7. The molecule has 0 aliphatic heterocycles. The molecule has 1 heterocycles. The van der Waals surface area contributed by atoms with Crippen LogP contribution in [0.1, 0.15) is 29.2 Å². The molecule has 0 fully saturated rings. The zero-order valence-corrected chi connectivity index (χ0v) is 41.1. The molecule has 0 unspecified atom stereocenters. The highest BCUT2D eigenvalue weighted by Gasteiger charge is 2.51. The van der Waals surface area contributed by atoms with E-state index in [2.05, 4.69) is 296 Å². The first-order valence-electron chi connectivity index (χ1n) is 25.6. The van der Waals surface area contributed by atoms with Crippen molar-refractivity contribution in [3.05, 3.63) is 300 Å². The van der Waals surface area contributed by atoms with Gasteiger partial charge in [-0.05, 0) is 151 Å². The summed E-state index contributed by atoms with van der Waals surface area (Å²) in [6, 6.07) is 94.2. The third-order valence-corrected chi connectivity index (χ3v) is 15.7. The first kappa shape index (κ1) is 43.3. The molecule has 2 aliphatic rings. The van der Waals surface area contributed by atoms with Crippen molar-refractivity contribution in [2.45, 2.75) is 12.3 Å². The van der Waals surface area contributed by atoms with Crippen LogP contribution in [0.2, 0.25) is 0 Å². The second-order valence-electron chi connectivity index (χ2n) is 19.6. The van der Waals surface area contributed by atoms with Gasteiger partial charge in [-0.3, -0.25) is 0 Å². The number of nitrogens with zero attached hydrogens (tertiary/aromatic N) is 2. The van der Waals surface area contributed by atoms with E-state index in [0.29, 0.717) is 0 Å². The predicted octanol–water partition coefficient (Wildman–Crippen LogP) is 17.4. The molecule has 74 heavy (non-hydrogen) atoms. The molecule has 0 radical (unpaired) electrons. The second kappa shape index (κ2) is 17.4. The fourth-order valence-corrected chi connectivity index (χ4v) is 12.5. The monoisotopic (exact) mass is 942 g/mol. The minimum atomic E-state index is -0.465. The van der Waals surface area contributed by atoms with Gasteiger partial charge >= 0.3 is 0 Å². The van der Waals surface area contributed by atoms with Crippen molar-refractivity contribution in [1.29, 1.82) is 0 Å². The van der Waals surface area contributed by atoms with Crippen molar-refractivity contribution in [2.75, 3.05) is 4.90 Å². The van der Waals surface area contributed by atoms with Crippen LogP contribution in [-0.2, 0) is 5.41 Å². The lowest BCUT2D eigenvalue weighted by molar-refractivity contribution is 0.793. The predicted molar refractivity (Wildman–Crippen MR) is 312 cm³/mol. The Bertz CT molecular complexity index is 4270. The summed E-state index contributed by atoms with van der Waals surface area (Å²) >= 11 is 0. The lowest BCUT2D eigenvalue weighted by atomic mass is 9.70. The number of allylic oxidation sites excluding steroid dienone is 2. The average Bonchev–Trinajstić information content (AvgIpc) is 4.05. The normalized spacial score (nSPS) is 13.1. The van der Waals surface area contributed by atoms with Crippen molar-refractivity contribution in [2.24, 2.45) is 0 Å². The van der Waals surface area contributed by atoms with Gasteiger partial charge in [0.15, 0.2) is 0 Å². The average molecular weight is 943 g/mol. The molecular weight excluding hydrogens is 893 g/mol. The molecule has 0 saturated heterocycles. The molecule has 14 rings (SSSR count). The van der Waals surface area contributed by atoms with Gasteiger partial charge in [0.1, 0.15) is 0 Å². The number of fused-ring (bicyclic) bond motifs is 12. The van der Waals surface area contributed by atoms with Gasteiger partial charge < -0.3 is 9.47 Å². The molecule has 0 saturated carbocycles. The Balaban J connectivity index is 0.920. The Hall–Kier alpha value is -9.50. The maximum atomic E-state index is 4.58. The van der Waals surface area contributed by atoms with Crippen molar-refractivity contribution in [3.63, 3.8) is 0 Å². The molecule has 2 nitrogen and oxygen atoms in total. The summed E-state index contributed by atoms with van der Waals surface area (Å²) in [6.45, 7) is 6.64. The molecule has 1 spiro atoms. The van der Waals surface area contributed by atoms with Gasteiger partial charge in [0.2, 0.25) is 0 Å². The van der Waals surface area contributed by atoms with E-state index in [4.69, 9.17) is 0 Å². The molecular formula is C72H50N2. The molecule has 1 aromatic heterocycles. The maximum Gasteiger partial charge on any atom is 0.0726 e. The van der Waals surface area contributed by atoms with Crippen LogP contribution in [0.3, 0.4) is 0 Å². The van der Waals surface area contributed by atoms with E-state index >= 15 is 0 Å². The van der Waals surface area contributed by atoms with Gasteiger partial charge in [-0.15, -0.1) is 0 Å². The van der Waals surface area contributed by atoms with Gasteiger partial charge in [0, 0.05) is 38.4 Å². The zero-order chi connectivity index (χ0) is 49.3. The van der Waals surface area contributed by atoms with E-state index in [0.717, 1.165) is 55.5 Å². The van der Waals surface area contributed by atoms with Crippen LogP contribution in [0.5, 0.6) is 0 Å². The highest BCUT2D eigenvalue weighted by Crippen LogP contribution is 2.63. The number of para-hydroxylation sites is 1. The number of hydrogen-bond acceptors (Lipinski definition) is 1. The number of hydrogen-bond donors (Lipinski definition) is 0. The molecule has 0 amide bonds. The third-order valence-electron chi connectivity index (χ3n) is 15.7. The summed E-state index contributed by atoms with van der Waals surface area (Å²) in [5.74, 6) is 0. The quantitative estimate of drug-likeness (QED) is 0.147. The Kier molecular flexibility index (Phi) is 10.2. The molecule has 0 N–H and O–H groups in total. The molecule has 0 bridgehead atoms. The summed E-state index contributed by atoms with van der Waals surface area (Å²) in [4.78, 5) is 2.48. The fourth-order valence-electron chi connectivity index (χ4n) is 12.5. The first-order chi connectivity index (χ1) is 36.6. The van der Waals surface area contributed by atoms with E-state index in [1.54, 1.807) is 0 Å². The van der Waals surface area contributed by atoms with Gasteiger partial charge in [-0.25, -0.2) is 0 Å². The van der Waals surface area contributed by atoms with E-state index in [1.165, 1.54) is 77.4 Å². The topological polar surface area (TPSA) is 8.17 Å². The molecule has 0 atom stereocenters. The Morgan fingerprint density at radius 1 is 0.392 bits per heavy atom. The van der Waals surface area contributed by atoms with Crippen molar-refractivity contribution < 1.29 is 0 Å². The van der Waals surface area contributed by atoms with E-state index in [1.807, 2.05) is 0 Å². The number of anilines is 3. The van der Waals surface area contributed by atoms with Crippen LogP contribution in [0.4, 0.5) is 17.1 Å². The van der Waals surface area contributed by atoms with E-state index in [9.17, 15) is 0 Å². The van der Waals surface area contributed by atoms with Crippen LogP contribution < -0.4 is 15.5 Å². The van der Waals surface area contributed by atoms with Crippen molar-refractivity contribution in [1.82, 2.24) is 4.57 Å². The maximum absolute atomic E-state index is 4.58. The van der Waals surface area contributed by atoms with Crippen molar-refractivity contribution in [3.8, 4) is 61.3 Å². The summed E-state index contributed by atoms with van der Waals surface area (Å²) < 4.78 is 2.27. The summed E-state index contributed by atoms with van der Waals surface area (Å²) in [6.07, 6.45) is 6.36. The van der Waals surface area contributed by atoms with Gasteiger partial charge in [-0.1, -0.05) is 219 Å². The van der Waals surface area contributed by atoms with Gasteiger partial charge in [0.05, 0.1) is 16.6 Å². The Labute approximate surface area is 432 Å². The summed E-state index contributed by atoms with van der Waals surface area (Å²) in [7, 11) is 0.